The number of rotatable bonds is 6. The average Bonchev–Trinajstić information content (AvgIpc) is 3.47. The van der Waals surface area contributed by atoms with Gasteiger partial charge in [0.05, 0.1) is 18.0 Å². The van der Waals surface area contributed by atoms with Crippen LogP contribution in [0.3, 0.4) is 0 Å². The molecule has 3 aromatic rings. The number of hydrogen-bond donors (Lipinski definition) is 1. The van der Waals surface area contributed by atoms with Crippen molar-refractivity contribution in [2.75, 3.05) is 29.5 Å². The lowest BCUT2D eigenvalue weighted by atomic mass is 9.94. The third kappa shape index (κ3) is 4.15. The van der Waals surface area contributed by atoms with Gasteiger partial charge in [0, 0.05) is 43.4 Å². The highest BCUT2D eigenvalue weighted by Crippen LogP contribution is 2.35. The lowest BCUT2D eigenvalue weighted by Gasteiger charge is -2.29. The second-order valence-electron chi connectivity index (χ2n) is 9.93. The Morgan fingerprint density at radius 3 is 2.53 bits per heavy atom. The normalized spacial score (nSPS) is 14.9. The summed E-state index contributed by atoms with van der Waals surface area (Å²) in [5, 5.41) is 15.6. The molecule has 0 saturated heterocycles. The number of ether oxygens (including phenoxy) is 1. The Morgan fingerprint density at radius 1 is 1.14 bits per heavy atom. The highest BCUT2D eigenvalue weighted by Gasteiger charge is 2.37. The number of anilines is 2. The van der Waals surface area contributed by atoms with E-state index in [1.807, 2.05) is 49.4 Å². The monoisotopic (exact) mass is 488 g/mol. The first-order valence-electron chi connectivity index (χ1n) is 12.5. The molecular weight excluding hydrogens is 456 g/mol. The van der Waals surface area contributed by atoms with Crippen molar-refractivity contribution in [2.45, 2.75) is 52.6 Å². The number of hydrogen-bond acceptors (Lipinski definition) is 5. The minimum atomic E-state index is -1.19. The van der Waals surface area contributed by atoms with Crippen molar-refractivity contribution >= 4 is 23.2 Å². The van der Waals surface area contributed by atoms with Crippen LogP contribution in [0.1, 0.15) is 61.4 Å². The number of aromatic nitrogens is 2. The van der Waals surface area contributed by atoms with Gasteiger partial charge in [0.25, 0.3) is 5.91 Å². The Morgan fingerprint density at radius 2 is 1.86 bits per heavy atom. The topological polar surface area (TPSA) is 87.9 Å². The fraction of sp³-hybridized carbons (Fsp3) is 0.393. The molecule has 36 heavy (non-hydrogen) atoms. The predicted octanol–water partition coefficient (Wildman–Crippen LogP) is 4.00. The van der Waals surface area contributed by atoms with Crippen LogP contribution in [0, 0.1) is 0 Å². The molecule has 0 fully saturated rings. The van der Waals surface area contributed by atoms with Crippen LogP contribution in [-0.4, -0.2) is 46.4 Å². The van der Waals surface area contributed by atoms with E-state index < -0.39 is 5.60 Å². The Balaban J connectivity index is 1.54. The average molecular weight is 489 g/mol. The summed E-state index contributed by atoms with van der Waals surface area (Å²) in [6, 6.07) is 13.4. The van der Waals surface area contributed by atoms with Crippen molar-refractivity contribution in [3.8, 4) is 11.4 Å². The molecule has 188 valence electrons. The summed E-state index contributed by atoms with van der Waals surface area (Å²) in [5.41, 5.74) is 4.01. The van der Waals surface area contributed by atoms with Crippen LogP contribution in [0.4, 0.5) is 11.4 Å². The summed E-state index contributed by atoms with van der Waals surface area (Å²) >= 11 is 0. The van der Waals surface area contributed by atoms with Gasteiger partial charge in [-0.05, 0) is 74.7 Å². The van der Waals surface area contributed by atoms with Gasteiger partial charge in [0.1, 0.15) is 17.0 Å². The molecule has 8 nitrogen and oxygen atoms in total. The van der Waals surface area contributed by atoms with E-state index in [0.29, 0.717) is 37.5 Å². The quantitative estimate of drug-likeness (QED) is 0.567. The van der Waals surface area contributed by atoms with E-state index >= 15 is 0 Å². The van der Waals surface area contributed by atoms with E-state index in [1.54, 1.807) is 35.3 Å². The summed E-state index contributed by atoms with van der Waals surface area (Å²) in [7, 11) is 0. The molecule has 2 amide bonds. The Bertz CT molecular complexity index is 1320. The molecule has 0 unspecified atom stereocenters. The Hall–Kier alpha value is -3.65. The number of nitrogens with zero attached hydrogens (tertiary/aromatic N) is 4. The SMILES string of the molecule is CCCN(C(C)=O)c1ccc(N2CCc3c(C(C)(C)O)nn(-c4ccc5c(c4)CCO5)c3C2=O)cc1. The lowest BCUT2D eigenvalue weighted by molar-refractivity contribution is -0.116. The number of carbonyl (C=O) groups excluding carboxylic acids is 2. The van der Waals surface area contributed by atoms with Gasteiger partial charge in [-0.1, -0.05) is 6.92 Å². The fourth-order valence-electron chi connectivity index (χ4n) is 5.09. The summed E-state index contributed by atoms with van der Waals surface area (Å²) in [5.74, 6) is 0.685. The van der Waals surface area contributed by atoms with Crippen molar-refractivity contribution in [2.24, 2.45) is 0 Å². The number of aliphatic hydroxyl groups is 1. The van der Waals surface area contributed by atoms with Gasteiger partial charge < -0.3 is 19.6 Å². The molecule has 0 bridgehead atoms. The first kappa shape index (κ1) is 24.1. The van der Waals surface area contributed by atoms with Crippen molar-refractivity contribution in [1.29, 1.82) is 0 Å². The molecule has 0 aliphatic carbocycles. The minimum Gasteiger partial charge on any atom is -0.493 e. The molecule has 2 aliphatic rings. The maximum atomic E-state index is 13.9. The Labute approximate surface area is 211 Å². The fourth-order valence-corrected chi connectivity index (χ4v) is 5.09. The maximum Gasteiger partial charge on any atom is 0.277 e. The molecule has 0 atom stereocenters. The molecule has 0 saturated carbocycles. The standard InChI is InChI=1S/C28H32N4O4/c1-5-14-30(18(2)33)20-6-8-21(9-7-20)31-15-12-23-25(27(31)34)32(29-26(23)28(3,4)35)22-10-11-24-19(17-22)13-16-36-24/h6-11,17,35H,5,12-16H2,1-4H3. The first-order valence-corrected chi connectivity index (χ1v) is 12.5. The van der Waals surface area contributed by atoms with Crippen molar-refractivity contribution in [3.05, 3.63) is 65.0 Å². The van der Waals surface area contributed by atoms with E-state index in [2.05, 4.69) is 0 Å². The molecular formula is C28H32N4O4. The van der Waals surface area contributed by atoms with Gasteiger partial charge in [0.2, 0.25) is 5.91 Å². The van der Waals surface area contributed by atoms with Gasteiger partial charge in [-0.15, -0.1) is 0 Å². The van der Waals surface area contributed by atoms with Crippen LogP contribution in [0.15, 0.2) is 42.5 Å². The second kappa shape index (κ2) is 9.09. The lowest BCUT2D eigenvalue weighted by Crippen LogP contribution is -2.39. The van der Waals surface area contributed by atoms with Crippen LogP contribution < -0.4 is 14.5 Å². The van der Waals surface area contributed by atoms with Crippen molar-refractivity contribution in [1.82, 2.24) is 9.78 Å². The third-order valence-electron chi connectivity index (χ3n) is 6.81. The largest absolute Gasteiger partial charge is 0.493 e. The van der Waals surface area contributed by atoms with Gasteiger partial charge in [-0.2, -0.15) is 5.10 Å². The van der Waals surface area contributed by atoms with Crippen LogP contribution in [0.2, 0.25) is 0 Å². The molecule has 0 radical (unpaired) electrons. The summed E-state index contributed by atoms with van der Waals surface area (Å²) < 4.78 is 7.31. The zero-order chi connectivity index (χ0) is 25.6. The summed E-state index contributed by atoms with van der Waals surface area (Å²) in [6.45, 7) is 8.76. The molecule has 2 aromatic carbocycles. The smallest absolute Gasteiger partial charge is 0.277 e. The van der Waals surface area contributed by atoms with Crippen LogP contribution in [-0.2, 0) is 23.2 Å². The van der Waals surface area contributed by atoms with Crippen LogP contribution >= 0.6 is 0 Å². The molecule has 8 heteroatoms. The highest BCUT2D eigenvalue weighted by molar-refractivity contribution is 6.07. The molecule has 1 N–H and O–H groups in total. The molecule has 2 aliphatic heterocycles. The molecule has 3 heterocycles. The van der Waals surface area contributed by atoms with E-state index in [0.717, 1.165) is 46.8 Å². The molecule has 5 rings (SSSR count). The van der Waals surface area contributed by atoms with E-state index in [-0.39, 0.29) is 11.8 Å². The van der Waals surface area contributed by atoms with Gasteiger partial charge in [-0.3, -0.25) is 9.59 Å². The summed E-state index contributed by atoms with van der Waals surface area (Å²) in [6.07, 6.45) is 2.25. The predicted molar refractivity (Wildman–Crippen MR) is 138 cm³/mol. The van der Waals surface area contributed by atoms with Gasteiger partial charge >= 0.3 is 0 Å². The van der Waals surface area contributed by atoms with E-state index in [1.165, 1.54) is 0 Å². The van der Waals surface area contributed by atoms with Crippen molar-refractivity contribution in [3.63, 3.8) is 0 Å². The first-order chi connectivity index (χ1) is 17.2. The van der Waals surface area contributed by atoms with E-state index in [4.69, 9.17) is 9.84 Å². The van der Waals surface area contributed by atoms with Crippen LogP contribution in [0.5, 0.6) is 5.75 Å². The minimum absolute atomic E-state index is 0.00825. The number of amides is 2. The molecule has 0 spiro atoms. The maximum absolute atomic E-state index is 13.9. The van der Waals surface area contributed by atoms with Gasteiger partial charge in [0.15, 0.2) is 0 Å². The number of benzene rings is 2. The zero-order valence-corrected chi connectivity index (χ0v) is 21.2. The highest BCUT2D eigenvalue weighted by atomic mass is 16.5. The van der Waals surface area contributed by atoms with Crippen LogP contribution in [0.25, 0.3) is 5.69 Å². The Kier molecular flexibility index (Phi) is 6.08. The molecule has 1 aromatic heterocycles. The second-order valence-corrected chi connectivity index (χ2v) is 9.93. The zero-order valence-electron chi connectivity index (χ0n) is 21.2. The van der Waals surface area contributed by atoms with E-state index in [9.17, 15) is 14.7 Å². The number of fused-ring (bicyclic) bond motifs is 2. The number of carbonyl (C=O) groups is 2. The van der Waals surface area contributed by atoms with Gasteiger partial charge in [-0.25, -0.2) is 4.68 Å². The summed E-state index contributed by atoms with van der Waals surface area (Å²) in [4.78, 5) is 29.5. The third-order valence-corrected chi connectivity index (χ3v) is 6.81. The van der Waals surface area contributed by atoms with Crippen molar-refractivity contribution < 1.29 is 19.4 Å².